The van der Waals surface area contributed by atoms with E-state index < -0.39 is 16.8 Å². The summed E-state index contributed by atoms with van der Waals surface area (Å²) >= 11 is 0. The van der Waals surface area contributed by atoms with E-state index in [1.165, 1.54) is 12.2 Å². The summed E-state index contributed by atoms with van der Waals surface area (Å²) in [4.78, 5) is 12.4. The lowest BCUT2D eigenvalue weighted by molar-refractivity contribution is -0.418. The Morgan fingerprint density at radius 3 is 2.11 bits per heavy atom. The van der Waals surface area contributed by atoms with E-state index in [2.05, 4.69) is 42.8 Å². The summed E-state index contributed by atoms with van der Waals surface area (Å²) in [6, 6.07) is 0.292. The van der Waals surface area contributed by atoms with Crippen LogP contribution in [0.5, 0.6) is 0 Å². The highest BCUT2D eigenvalue weighted by molar-refractivity contribution is 5.16. The van der Waals surface area contributed by atoms with Crippen LogP contribution in [-0.4, -0.2) is 83.0 Å². The third kappa shape index (κ3) is 38.9. The molecule has 11 nitrogen and oxygen atoms in total. The van der Waals surface area contributed by atoms with E-state index in [9.17, 15) is 15.2 Å². The molecular weight excluding hydrogens is 588 g/mol. The highest BCUT2D eigenvalue weighted by Gasteiger charge is 2.28. The molecule has 1 fully saturated rings. The molecule has 46 heavy (non-hydrogen) atoms. The number of hydrogen-bond acceptors (Lipinski definition) is 10. The first-order valence-electron chi connectivity index (χ1n) is 15.8. The largest absolute Gasteiger partial charge is 0.498 e. The number of aliphatic hydroxyl groups excluding tert-OH is 2. The number of nitrogens with zero attached hydrogens (tertiary/aromatic N) is 2. The zero-order chi connectivity index (χ0) is 37.7. The Morgan fingerprint density at radius 1 is 1.20 bits per heavy atom. The van der Waals surface area contributed by atoms with Crippen LogP contribution >= 0.6 is 0 Å². The normalized spacial score (nSPS) is 17.3. The number of aliphatic hydroxyl groups is 3. The van der Waals surface area contributed by atoms with Crippen molar-refractivity contribution in [3.8, 4) is 12.8 Å². The van der Waals surface area contributed by atoms with Crippen LogP contribution < -0.4 is 11.1 Å². The molecule has 1 heterocycles. The highest BCUT2D eigenvalue weighted by Crippen LogP contribution is 2.22. The van der Waals surface area contributed by atoms with Crippen LogP contribution in [0.15, 0.2) is 61.3 Å². The average Bonchev–Trinajstić information content (AvgIpc) is 3.05. The summed E-state index contributed by atoms with van der Waals surface area (Å²) in [7, 11) is 3.04. The molecule has 0 aromatic carbocycles. The summed E-state index contributed by atoms with van der Waals surface area (Å²) in [5.74, 6) is 0.599. The van der Waals surface area contributed by atoms with E-state index in [4.69, 9.17) is 25.4 Å². The predicted molar refractivity (Wildman–Crippen MR) is 195 cm³/mol. The molecule has 6 N–H and O–H groups in total. The first-order chi connectivity index (χ1) is 21.8. The molecule has 11 heteroatoms. The Bertz CT molecular complexity index is 797. The molecule has 0 radical (unpaired) electrons. The first kappa shape index (κ1) is 55.3. The number of nitrogens with two attached hydrogens (primary N) is 1. The number of terminal acetylenes is 1. The Balaban J connectivity index is -0.000000211. The van der Waals surface area contributed by atoms with Gasteiger partial charge in [0, 0.05) is 63.1 Å². The fourth-order valence-corrected chi connectivity index (χ4v) is 3.08. The van der Waals surface area contributed by atoms with Crippen LogP contribution in [0.4, 0.5) is 0 Å². The predicted octanol–water partition coefficient (Wildman–Crippen LogP) is 6.12. The number of hydrogen-bond donors (Lipinski definition) is 5. The number of ether oxygens (including phenoxy) is 2. The van der Waals surface area contributed by atoms with Gasteiger partial charge in [-0.3, -0.25) is 10.1 Å². The molecule has 0 aliphatic carbocycles. The molecule has 1 rings (SSSR count). The molecule has 3 atom stereocenters. The second kappa shape index (κ2) is 39.9. The van der Waals surface area contributed by atoms with E-state index in [1.54, 1.807) is 26.8 Å². The summed E-state index contributed by atoms with van der Waals surface area (Å²) < 4.78 is 10.9. The number of nitrogens with one attached hydrogen (secondary N) is 1. The summed E-state index contributed by atoms with van der Waals surface area (Å²) in [5, 5.41) is 39.4. The van der Waals surface area contributed by atoms with Crippen LogP contribution in [0, 0.1) is 23.0 Å². The first-order valence-corrected chi connectivity index (χ1v) is 15.8. The number of rotatable bonds is 14. The Labute approximate surface area is 282 Å². The summed E-state index contributed by atoms with van der Waals surface area (Å²) in [6.45, 7) is 28.7. The summed E-state index contributed by atoms with van der Waals surface area (Å²) in [5.41, 5.74) is 6.29. The van der Waals surface area contributed by atoms with E-state index >= 15 is 0 Å². The fraction of sp³-hybridized carbons (Fsp3) is 0.657. The van der Waals surface area contributed by atoms with Crippen molar-refractivity contribution in [1.82, 2.24) is 10.2 Å². The molecular formula is C35H70N4O7. The average molecular weight is 659 g/mol. The van der Waals surface area contributed by atoms with Crippen LogP contribution in [-0.2, 0) is 9.47 Å². The van der Waals surface area contributed by atoms with Crippen molar-refractivity contribution in [1.29, 1.82) is 0 Å². The van der Waals surface area contributed by atoms with Crippen molar-refractivity contribution < 1.29 is 29.7 Å². The monoisotopic (exact) mass is 659 g/mol. The van der Waals surface area contributed by atoms with Gasteiger partial charge in [0.2, 0.25) is 0 Å². The van der Waals surface area contributed by atoms with Gasteiger partial charge in [0.05, 0.1) is 29.0 Å². The zero-order valence-electron chi connectivity index (χ0n) is 30.9. The molecule has 1 aliphatic heterocycles. The van der Waals surface area contributed by atoms with Gasteiger partial charge in [-0.25, -0.2) is 0 Å². The van der Waals surface area contributed by atoms with Crippen LogP contribution in [0.2, 0.25) is 0 Å². The van der Waals surface area contributed by atoms with Crippen molar-refractivity contribution in [3.05, 3.63) is 71.4 Å². The van der Waals surface area contributed by atoms with Crippen LogP contribution in [0.1, 0.15) is 94.4 Å². The van der Waals surface area contributed by atoms with Gasteiger partial charge in [-0.15, -0.1) is 26.0 Å². The van der Waals surface area contributed by atoms with Gasteiger partial charge in [-0.2, -0.15) is 0 Å². The molecule has 0 amide bonds. The van der Waals surface area contributed by atoms with Gasteiger partial charge in [0.1, 0.15) is 0 Å². The van der Waals surface area contributed by atoms with E-state index in [-0.39, 0.29) is 11.8 Å². The number of nitro groups is 1. The molecule has 1 saturated heterocycles. The van der Waals surface area contributed by atoms with Crippen molar-refractivity contribution >= 4 is 0 Å². The van der Waals surface area contributed by atoms with E-state index in [0.717, 1.165) is 45.0 Å². The molecule has 0 spiro atoms. The van der Waals surface area contributed by atoms with Gasteiger partial charge in [0.25, 0.3) is 5.70 Å². The van der Waals surface area contributed by atoms with Crippen molar-refractivity contribution in [2.75, 3.05) is 33.9 Å². The quantitative estimate of drug-likeness (QED) is 0.0279. The summed E-state index contributed by atoms with van der Waals surface area (Å²) in [6.07, 6.45) is 17.1. The molecule has 272 valence electrons. The van der Waals surface area contributed by atoms with Gasteiger partial charge in [-0.1, -0.05) is 41.2 Å². The highest BCUT2D eigenvalue weighted by atomic mass is 16.6. The molecule has 0 aromatic rings. The lowest BCUT2D eigenvalue weighted by Crippen LogP contribution is -2.43. The lowest BCUT2D eigenvalue weighted by atomic mass is 10.0. The fourth-order valence-electron chi connectivity index (χ4n) is 3.08. The van der Waals surface area contributed by atoms with E-state index in [0.29, 0.717) is 31.4 Å². The SMILES string of the molecule is C#C.C=C.C=C/C(=C\C=C(/C)OCCCN/C=C(\N)CCN(C)[C@H]1C[C@@H](C)O[C@@H](O)C1)[N+](=O)[O-].CC.CC.CCC(C)(C)O.CO. The zero-order valence-corrected chi connectivity index (χ0v) is 30.9. The number of allylic oxidation sites excluding steroid dienone is 4. The van der Waals surface area contributed by atoms with Crippen molar-refractivity contribution in [2.24, 2.45) is 5.73 Å². The van der Waals surface area contributed by atoms with E-state index in [1.807, 2.05) is 54.8 Å². The molecule has 0 saturated carbocycles. The molecule has 0 aromatic heterocycles. The second-order valence-electron chi connectivity index (χ2n) is 9.63. The molecule has 0 unspecified atom stereocenters. The standard InChI is InChI=1S/C21H36N4O5.C5H12O.2C2H6.C2H4.C2H2.CH4O/c1-5-19(25(27)28)8-7-16(2)29-12-6-10-23-15-18(22)9-11-24(4)20-13-17(3)30-21(26)14-20;1-4-5(2,3)6;5*1-2/h5,7-8,15,17,20-21,23,26H,1,6,9-14,22H2,2-4H3;6H,4H2,1-3H3;2*1-2H3;1-2H2;1-2H;2H,1H3/b16-7+,18-15-,19-8+;;;;;;/t17-,20+,21-;;;;;;/m1....../s1. The topological polar surface area (TPSA) is 164 Å². The minimum atomic E-state index is -0.690. The maximum absolute atomic E-state index is 10.7. The van der Waals surface area contributed by atoms with Gasteiger partial charge in [0.15, 0.2) is 6.29 Å². The minimum absolute atomic E-state index is 0.0598. The van der Waals surface area contributed by atoms with Crippen molar-refractivity contribution in [3.63, 3.8) is 0 Å². The maximum Gasteiger partial charge on any atom is 0.268 e. The Hall–Kier alpha value is -3.14. The van der Waals surface area contributed by atoms with Crippen LogP contribution in [0.25, 0.3) is 0 Å². The second-order valence-corrected chi connectivity index (χ2v) is 9.63. The van der Waals surface area contributed by atoms with Crippen LogP contribution in [0.3, 0.4) is 0 Å². The lowest BCUT2D eigenvalue weighted by Gasteiger charge is -2.36. The van der Waals surface area contributed by atoms with Gasteiger partial charge >= 0.3 is 0 Å². The minimum Gasteiger partial charge on any atom is -0.498 e. The Kier molecular flexibility index (Phi) is 47.9. The Morgan fingerprint density at radius 2 is 1.70 bits per heavy atom. The van der Waals surface area contributed by atoms with Gasteiger partial charge < -0.3 is 40.7 Å². The third-order valence-corrected chi connectivity index (χ3v) is 5.70. The van der Waals surface area contributed by atoms with Crippen molar-refractivity contribution in [2.45, 2.75) is 118 Å². The van der Waals surface area contributed by atoms with Gasteiger partial charge in [-0.05, 0) is 60.1 Å². The maximum atomic E-state index is 10.7. The molecule has 1 aliphatic rings. The smallest absolute Gasteiger partial charge is 0.268 e. The third-order valence-electron chi connectivity index (χ3n) is 5.70. The molecule has 0 bridgehead atoms.